The molecule has 5 rings (SSSR count). The van der Waals surface area contributed by atoms with E-state index in [2.05, 4.69) is 5.32 Å². The Hall–Kier alpha value is -4.31. The number of benzene rings is 3. The van der Waals surface area contributed by atoms with Gasteiger partial charge in [0.2, 0.25) is 11.8 Å². The highest BCUT2D eigenvalue weighted by atomic mass is 35.5. The summed E-state index contributed by atoms with van der Waals surface area (Å²) >= 11 is 6.48. The Labute approximate surface area is 265 Å². The van der Waals surface area contributed by atoms with Gasteiger partial charge in [-0.2, -0.15) is 0 Å². The van der Waals surface area contributed by atoms with E-state index in [0.29, 0.717) is 24.0 Å². The summed E-state index contributed by atoms with van der Waals surface area (Å²) < 4.78 is 18.7. The Bertz CT molecular complexity index is 1590. The average Bonchev–Trinajstić information content (AvgIpc) is 3.36. The number of nitro groups is 1. The molecule has 0 aromatic heterocycles. The molecular weight excluding hydrogens is 601 g/mol. The number of hydrogen-bond acceptors (Lipinski definition) is 6. The van der Waals surface area contributed by atoms with Crippen molar-refractivity contribution in [3.05, 3.63) is 104 Å². The van der Waals surface area contributed by atoms with Crippen molar-refractivity contribution >= 4 is 34.9 Å². The molecule has 1 saturated heterocycles. The predicted molar refractivity (Wildman–Crippen MR) is 166 cm³/mol. The fourth-order valence-electron chi connectivity index (χ4n) is 6.80. The molecule has 1 aliphatic heterocycles. The number of rotatable bonds is 9. The first-order valence-corrected chi connectivity index (χ1v) is 15.5. The lowest BCUT2D eigenvalue weighted by atomic mass is 9.80. The number of amides is 2. The summed E-state index contributed by atoms with van der Waals surface area (Å²) in [6, 6.07) is 14.6. The molecule has 2 amide bonds. The number of hydrogen-bond donors (Lipinski definition) is 1. The van der Waals surface area contributed by atoms with Gasteiger partial charge in [0.15, 0.2) is 11.5 Å². The highest BCUT2D eigenvalue weighted by Crippen LogP contribution is 2.49. The first-order chi connectivity index (χ1) is 21.6. The molecule has 2 fully saturated rings. The Kier molecular flexibility index (Phi) is 9.82. The van der Waals surface area contributed by atoms with Crippen molar-refractivity contribution in [2.75, 3.05) is 7.11 Å². The van der Waals surface area contributed by atoms with Crippen LogP contribution in [0.15, 0.2) is 66.7 Å². The molecule has 9 nitrogen and oxygen atoms in total. The Balaban J connectivity index is 1.64. The Morgan fingerprint density at radius 3 is 2.38 bits per heavy atom. The summed E-state index contributed by atoms with van der Waals surface area (Å²) in [4.78, 5) is 55.9. The molecule has 4 atom stereocenters. The first-order valence-electron chi connectivity index (χ1n) is 15.1. The number of nitrogens with one attached hydrogen (secondary N) is 1. The Morgan fingerprint density at radius 1 is 1.04 bits per heavy atom. The maximum absolute atomic E-state index is 14.5. The smallest absolute Gasteiger partial charge is 0.311 e. The summed E-state index contributed by atoms with van der Waals surface area (Å²) in [7, 11) is 1.32. The van der Waals surface area contributed by atoms with Crippen molar-refractivity contribution < 1.29 is 28.4 Å². The van der Waals surface area contributed by atoms with Crippen molar-refractivity contribution in [1.82, 2.24) is 10.2 Å². The molecule has 1 heterocycles. The van der Waals surface area contributed by atoms with Gasteiger partial charge in [-0.05, 0) is 60.2 Å². The molecule has 0 bridgehead atoms. The molecule has 0 radical (unpaired) electrons. The normalized spacial score (nSPS) is 21.7. The van der Waals surface area contributed by atoms with E-state index in [9.17, 15) is 28.9 Å². The van der Waals surface area contributed by atoms with Crippen LogP contribution >= 0.6 is 11.6 Å². The van der Waals surface area contributed by atoms with Crippen LogP contribution in [0.25, 0.3) is 0 Å². The number of ether oxygens (including phenoxy) is 1. The van der Waals surface area contributed by atoms with Gasteiger partial charge in [-0.3, -0.25) is 24.5 Å². The number of ketones is 1. The lowest BCUT2D eigenvalue weighted by Crippen LogP contribution is -2.50. The minimum Gasteiger partial charge on any atom is -0.490 e. The van der Waals surface area contributed by atoms with Crippen LogP contribution in [0.4, 0.5) is 10.1 Å². The minimum absolute atomic E-state index is 0.0301. The van der Waals surface area contributed by atoms with E-state index >= 15 is 0 Å². The molecule has 3 aromatic rings. The van der Waals surface area contributed by atoms with Crippen LogP contribution in [0.3, 0.4) is 0 Å². The zero-order chi connectivity index (χ0) is 32.2. The van der Waals surface area contributed by atoms with Gasteiger partial charge in [0.25, 0.3) is 0 Å². The monoisotopic (exact) mass is 635 g/mol. The van der Waals surface area contributed by atoms with Crippen LogP contribution < -0.4 is 10.1 Å². The second-order valence-electron chi connectivity index (χ2n) is 11.7. The predicted octanol–water partition coefficient (Wildman–Crippen LogP) is 6.68. The van der Waals surface area contributed by atoms with E-state index in [4.69, 9.17) is 16.3 Å². The van der Waals surface area contributed by atoms with E-state index in [1.807, 2.05) is 0 Å². The standard InChI is InChI=1S/C34H35ClFN3O6/c1-20-29(32(40)25-10-6-7-11-26(25)35)31(23-14-17-28(45-2)27(18-23)39(43)44)38(34(42)22-8-4-3-5-9-22)30(20)33(41)37-19-21-12-15-24(36)16-13-21/h6-7,10-18,20,22,29-31H,3-5,8-9,19H2,1-2H3,(H,37,41). The number of carbonyl (C=O) groups is 3. The molecule has 45 heavy (non-hydrogen) atoms. The van der Waals surface area contributed by atoms with E-state index in [1.54, 1.807) is 49.4 Å². The average molecular weight is 636 g/mol. The molecule has 236 valence electrons. The lowest BCUT2D eigenvalue weighted by molar-refractivity contribution is -0.385. The molecule has 11 heteroatoms. The fourth-order valence-corrected chi connectivity index (χ4v) is 7.03. The third kappa shape index (κ3) is 6.56. The highest BCUT2D eigenvalue weighted by Gasteiger charge is 2.56. The number of methoxy groups -OCH3 is 1. The molecular formula is C34H35ClFN3O6. The van der Waals surface area contributed by atoms with Gasteiger partial charge in [-0.1, -0.05) is 68.1 Å². The number of nitro benzene ring substituents is 1. The zero-order valence-corrected chi connectivity index (χ0v) is 25.8. The summed E-state index contributed by atoms with van der Waals surface area (Å²) in [5.74, 6) is -3.48. The van der Waals surface area contributed by atoms with E-state index in [-0.39, 0.29) is 46.2 Å². The number of halogens is 2. The summed E-state index contributed by atoms with van der Waals surface area (Å²) in [5.41, 5.74) is 0.923. The van der Waals surface area contributed by atoms with Gasteiger partial charge in [-0.15, -0.1) is 0 Å². The van der Waals surface area contributed by atoms with Crippen molar-refractivity contribution in [2.45, 2.75) is 57.7 Å². The summed E-state index contributed by atoms with van der Waals surface area (Å²) in [5, 5.41) is 15.2. The topological polar surface area (TPSA) is 119 Å². The highest BCUT2D eigenvalue weighted by molar-refractivity contribution is 6.34. The first kappa shape index (κ1) is 32.1. The number of Topliss-reactive ketones (excluding diaryl/α,β-unsaturated/α-hetero) is 1. The molecule has 0 spiro atoms. The number of likely N-dealkylation sites (tertiary alicyclic amines) is 1. The summed E-state index contributed by atoms with van der Waals surface area (Å²) in [6.45, 7) is 1.83. The molecule has 1 saturated carbocycles. The maximum Gasteiger partial charge on any atom is 0.311 e. The molecule has 4 unspecified atom stereocenters. The molecule has 1 N–H and O–H groups in total. The minimum atomic E-state index is -1.07. The van der Waals surface area contributed by atoms with Gasteiger partial charge in [0.05, 0.1) is 29.0 Å². The zero-order valence-electron chi connectivity index (χ0n) is 25.1. The van der Waals surface area contributed by atoms with Gasteiger partial charge in [0, 0.05) is 24.1 Å². The number of carbonyl (C=O) groups excluding carboxylic acids is 3. The third-order valence-corrected chi connectivity index (χ3v) is 9.37. The van der Waals surface area contributed by atoms with Crippen LogP contribution in [-0.2, 0) is 16.1 Å². The van der Waals surface area contributed by atoms with Crippen LogP contribution in [0.2, 0.25) is 5.02 Å². The maximum atomic E-state index is 14.5. The molecule has 3 aromatic carbocycles. The van der Waals surface area contributed by atoms with Gasteiger partial charge in [-0.25, -0.2) is 4.39 Å². The van der Waals surface area contributed by atoms with Crippen molar-refractivity contribution in [3.63, 3.8) is 0 Å². The quantitative estimate of drug-likeness (QED) is 0.159. The van der Waals surface area contributed by atoms with Crippen LogP contribution in [0.1, 0.15) is 66.6 Å². The lowest BCUT2D eigenvalue weighted by Gasteiger charge is -2.35. The van der Waals surface area contributed by atoms with Gasteiger partial charge < -0.3 is 15.0 Å². The largest absolute Gasteiger partial charge is 0.490 e. The molecule has 2 aliphatic rings. The third-order valence-electron chi connectivity index (χ3n) is 9.04. The van der Waals surface area contributed by atoms with E-state index < -0.39 is 40.6 Å². The van der Waals surface area contributed by atoms with Crippen molar-refractivity contribution in [2.24, 2.45) is 17.8 Å². The van der Waals surface area contributed by atoms with Crippen molar-refractivity contribution in [3.8, 4) is 5.75 Å². The Morgan fingerprint density at radius 2 is 1.73 bits per heavy atom. The molecule has 1 aliphatic carbocycles. The van der Waals surface area contributed by atoms with Crippen molar-refractivity contribution in [1.29, 1.82) is 0 Å². The van der Waals surface area contributed by atoms with E-state index in [0.717, 1.165) is 19.3 Å². The van der Waals surface area contributed by atoms with Crippen LogP contribution in [-0.4, -0.2) is 40.6 Å². The number of nitrogens with zero attached hydrogens (tertiary/aromatic N) is 2. The second-order valence-corrected chi connectivity index (χ2v) is 12.1. The van der Waals surface area contributed by atoms with Crippen LogP contribution in [0, 0.1) is 33.7 Å². The van der Waals surface area contributed by atoms with Gasteiger partial charge in [0.1, 0.15) is 11.9 Å². The van der Waals surface area contributed by atoms with E-state index in [1.165, 1.54) is 36.3 Å². The van der Waals surface area contributed by atoms with Crippen LogP contribution in [0.5, 0.6) is 5.75 Å². The SMILES string of the molecule is COc1ccc(C2C(C(=O)c3ccccc3Cl)C(C)C(C(=O)NCc3ccc(F)cc3)N2C(=O)C2CCCCC2)cc1[N+](=O)[O-]. The summed E-state index contributed by atoms with van der Waals surface area (Å²) in [6.07, 6.45) is 4.02. The second kappa shape index (κ2) is 13.8. The fraction of sp³-hybridized carbons (Fsp3) is 0.382. The van der Waals surface area contributed by atoms with Gasteiger partial charge >= 0.3 is 5.69 Å².